The number of hydrogen-bond acceptors (Lipinski definition) is 10. The second-order valence-corrected chi connectivity index (χ2v) is 11.5. The summed E-state index contributed by atoms with van der Waals surface area (Å²) in [6.45, 7) is 8.93. The van der Waals surface area contributed by atoms with Gasteiger partial charge in [0.25, 0.3) is 0 Å². The number of aryl methyl sites for hydroxylation is 1. The Hall–Kier alpha value is -4.49. The van der Waals surface area contributed by atoms with E-state index in [1.807, 2.05) is 42.6 Å². The number of carbonyl (C=O) groups is 2. The fraction of sp³-hybridized carbons (Fsp3) is 0.406. The molecule has 3 aromatic heterocycles. The average Bonchev–Trinajstić information content (AvgIpc) is 3.82. The Labute approximate surface area is 267 Å². The zero-order valence-corrected chi connectivity index (χ0v) is 26.9. The molecule has 0 bridgehead atoms. The molecule has 1 aromatic carbocycles. The van der Waals surface area contributed by atoms with Gasteiger partial charge in [-0.05, 0) is 25.1 Å². The number of methoxy groups -OCH3 is 1. The first-order valence-corrected chi connectivity index (χ1v) is 15.6. The number of pyridine rings is 1. The van der Waals surface area contributed by atoms with Crippen LogP contribution < -0.4 is 19.5 Å². The Balaban J connectivity index is 0.000000273. The van der Waals surface area contributed by atoms with Crippen LogP contribution in [0.25, 0.3) is 0 Å². The molecule has 1 aliphatic heterocycles. The van der Waals surface area contributed by atoms with Crippen molar-refractivity contribution >= 4 is 29.3 Å². The van der Waals surface area contributed by atoms with E-state index in [4.69, 9.17) is 18.9 Å². The van der Waals surface area contributed by atoms with Gasteiger partial charge in [-0.15, -0.1) is 11.3 Å². The molecule has 4 aromatic rings. The van der Waals surface area contributed by atoms with E-state index in [2.05, 4.69) is 34.2 Å². The van der Waals surface area contributed by atoms with Crippen LogP contribution in [-0.2, 0) is 27.4 Å². The van der Waals surface area contributed by atoms with Crippen molar-refractivity contribution in [2.75, 3.05) is 38.8 Å². The lowest BCUT2D eigenvalue weighted by molar-refractivity contribution is -0.133. The molecule has 0 radical (unpaired) electrons. The first-order chi connectivity index (χ1) is 21.8. The molecule has 45 heavy (non-hydrogen) atoms. The van der Waals surface area contributed by atoms with Gasteiger partial charge in [-0.1, -0.05) is 31.5 Å². The molecule has 13 heteroatoms. The van der Waals surface area contributed by atoms with Crippen LogP contribution in [0.5, 0.6) is 17.4 Å². The molecule has 5 rings (SSSR count). The molecule has 0 aliphatic carbocycles. The molecule has 0 spiro atoms. The largest absolute Gasteiger partial charge is 0.492 e. The summed E-state index contributed by atoms with van der Waals surface area (Å²) < 4.78 is 23.2. The Kier molecular flexibility index (Phi) is 12.7. The van der Waals surface area contributed by atoms with Gasteiger partial charge in [0.05, 0.1) is 56.0 Å². The number of ether oxygens (including phenoxy) is 4. The highest BCUT2D eigenvalue weighted by atomic mass is 32.1. The zero-order chi connectivity index (χ0) is 32.0. The van der Waals surface area contributed by atoms with Crippen molar-refractivity contribution < 1.29 is 28.5 Å². The minimum atomic E-state index is -0.104. The molecule has 1 fully saturated rings. The Bertz CT molecular complexity index is 1490. The summed E-state index contributed by atoms with van der Waals surface area (Å²) in [5, 5.41) is 9.70. The number of amides is 2. The van der Waals surface area contributed by atoms with E-state index in [0.717, 1.165) is 40.8 Å². The summed E-state index contributed by atoms with van der Waals surface area (Å²) in [6, 6.07) is 11.4. The molecule has 1 N–H and O–H groups in total. The van der Waals surface area contributed by atoms with Crippen LogP contribution in [0.15, 0.2) is 60.4 Å². The molecule has 12 nitrogen and oxygen atoms in total. The Morgan fingerprint density at radius 1 is 1.24 bits per heavy atom. The summed E-state index contributed by atoms with van der Waals surface area (Å²) in [4.78, 5) is 34.0. The van der Waals surface area contributed by atoms with Gasteiger partial charge in [0.1, 0.15) is 30.8 Å². The number of thiazole rings is 1. The van der Waals surface area contributed by atoms with Gasteiger partial charge in [0, 0.05) is 36.2 Å². The van der Waals surface area contributed by atoms with E-state index >= 15 is 0 Å². The molecule has 2 amide bonds. The molecule has 4 heterocycles. The zero-order valence-electron chi connectivity index (χ0n) is 26.0. The number of rotatable bonds is 14. The predicted octanol–water partition coefficient (Wildman–Crippen LogP) is 4.71. The number of carbonyl (C=O) groups excluding carboxylic acids is 2. The monoisotopic (exact) mass is 636 g/mol. The lowest BCUT2D eigenvalue weighted by atomic mass is 10.2. The third kappa shape index (κ3) is 10.9. The molecule has 1 aliphatic rings. The van der Waals surface area contributed by atoms with Gasteiger partial charge >= 0.3 is 0 Å². The maximum atomic E-state index is 13.0. The van der Waals surface area contributed by atoms with E-state index in [-0.39, 0.29) is 18.6 Å². The quantitative estimate of drug-likeness (QED) is 0.196. The molecular formula is C32H40N6O6S. The molecular weight excluding hydrogens is 596 g/mol. The van der Waals surface area contributed by atoms with Crippen LogP contribution in [0.1, 0.15) is 42.5 Å². The van der Waals surface area contributed by atoms with Crippen LogP contribution in [-0.4, -0.2) is 76.5 Å². The van der Waals surface area contributed by atoms with Crippen LogP contribution >= 0.6 is 11.3 Å². The lowest BCUT2D eigenvalue weighted by Crippen LogP contribution is -2.36. The minimum absolute atomic E-state index is 0.0617. The number of nitrogens with zero attached hydrogens (tertiary/aromatic N) is 5. The Morgan fingerprint density at radius 3 is 2.76 bits per heavy atom. The van der Waals surface area contributed by atoms with Crippen molar-refractivity contribution in [2.24, 2.45) is 0 Å². The fourth-order valence-electron chi connectivity index (χ4n) is 4.26. The maximum absolute atomic E-state index is 13.0. The third-order valence-corrected chi connectivity index (χ3v) is 7.88. The summed E-state index contributed by atoms with van der Waals surface area (Å²) in [6.07, 6.45) is 6.48. The highest BCUT2D eigenvalue weighted by Gasteiger charge is 2.19. The number of aromatic nitrogens is 4. The predicted molar refractivity (Wildman–Crippen MR) is 171 cm³/mol. The average molecular weight is 637 g/mol. The van der Waals surface area contributed by atoms with Crippen LogP contribution in [0.2, 0.25) is 0 Å². The van der Waals surface area contributed by atoms with Crippen molar-refractivity contribution in [1.82, 2.24) is 24.6 Å². The van der Waals surface area contributed by atoms with E-state index in [0.29, 0.717) is 50.2 Å². The van der Waals surface area contributed by atoms with Gasteiger partial charge < -0.3 is 29.2 Å². The summed E-state index contributed by atoms with van der Waals surface area (Å²) in [7, 11) is 1.59. The summed E-state index contributed by atoms with van der Waals surface area (Å²) in [5.74, 6) is 2.37. The molecule has 1 saturated heterocycles. The topological polar surface area (TPSA) is 130 Å². The second kappa shape index (κ2) is 17.1. The van der Waals surface area contributed by atoms with Gasteiger partial charge in [-0.25, -0.2) is 9.97 Å². The maximum Gasteiger partial charge on any atom is 0.244 e. The van der Waals surface area contributed by atoms with Crippen molar-refractivity contribution in [3.63, 3.8) is 0 Å². The van der Waals surface area contributed by atoms with Gasteiger partial charge in [0.15, 0.2) is 0 Å². The molecule has 0 saturated carbocycles. The summed E-state index contributed by atoms with van der Waals surface area (Å²) >= 11 is 1.61. The third-order valence-electron chi connectivity index (χ3n) is 6.68. The van der Waals surface area contributed by atoms with Gasteiger partial charge in [-0.3, -0.25) is 14.3 Å². The molecule has 1 atom stereocenters. The highest BCUT2D eigenvalue weighted by Crippen LogP contribution is 2.21. The number of anilines is 1. The highest BCUT2D eigenvalue weighted by molar-refractivity contribution is 7.09. The van der Waals surface area contributed by atoms with Crippen molar-refractivity contribution in [3.05, 3.63) is 76.6 Å². The van der Waals surface area contributed by atoms with Gasteiger partial charge in [0.2, 0.25) is 18.2 Å². The first kappa shape index (κ1) is 33.4. The number of nitrogens with one attached hydrogen (secondary N) is 1. The van der Waals surface area contributed by atoms with E-state index < -0.39 is 0 Å². The Morgan fingerprint density at radius 2 is 2.07 bits per heavy atom. The van der Waals surface area contributed by atoms with E-state index in [1.165, 1.54) is 10.9 Å². The molecule has 240 valence electrons. The van der Waals surface area contributed by atoms with Crippen molar-refractivity contribution in [3.8, 4) is 17.4 Å². The van der Waals surface area contributed by atoms with Crippen molar-refractivity contribution in [1.29, 1.82) is 0 Å². The van der Waals surface area contributed by atoms with Crippen molar-refractivity contribution in [2.45, 2.75) is 52.3 Å². The summed E-state index contributed by atoms with van der Waals surface area (Å²) in [5.41, 5.74) is 2.57. The number of benzene rings is 1. The fourth-order valence-corrected chi connectivity index (χ4v) is 5.09. The SMILES string of the molecule is COc1cc(OC2CCOC2)ccn1.Cc1ccc(OCCN(Cc2csc(C(C)C)n2)C(=O)Cn2cc(NC=O)cn2)cc1. The lowest BCUT2D eigenvalue weighted by Gasteiger charge is -2.22. The van der Waals surface area contributed by atoms with Crippen LogP contribution in [0.4, 0.5) is 5.69 Å². The van der Waals surface area contributed by atoms with E-state index in [1.54, 1.807) is 41.8 Å². The van der Waals surface area contributed by atoms with E-state index in [9.17, 15) is 9.59 Å². The van der Waals surface area contributed by atoms with Crippen LogP contribution in [0.3, 0.4) is 0 Å². The first-order valence-electron chi connectivity index (χ1n) is 14.7. The van der Waals surface area contributed by atoms with Gasteiger partial charge in [-0.2, -0.15) is 5.10 Å². The molecule has 1 unspecified atom stereocenters. The number of hydrogen-bond donors (Lipinski definition) is 1. The standard InChI is InChI=1S/C22H27N5O3S.C10H13NO3/c1-16(2)22-25-19(14-31-22)11-26(8-9-30-20-6-4-17(3)5-7-20)21(29)13-27-12-18(10-24-27)23-15-28;1-12-10-6-8(2-4-11-10)14-9-3-5-13-7-9/h4-7,10,12,14-16H,8-9,11,13H2,1-3H3,(H,23,28);2,4,6,9H,3,5,7H2,1H3. The smallest absolute Gasteiger partial charge is 0.244 e. The van der Waals surface area contributed by atoms with Crippen LogP contribution in [0, 0.1) is 6.92 Å². The second-order valence-electron chi connectivity index (χ2n) is 10.6. The normalized spacial score (nSPS) is 13.9. The minimum Gasteiger partial charge on any atom is -0.492 e.